The summed E-state index contributed by atoms with van der Waals surface area (Å²) in [7, 11) is 0. The van der Waals surface area contributed by atoms with Crippen LogP contribution in [0.5, 0.6) is 0 Å². The lowest BCUT2D eigenvalue weighted by atomic mass is 10.0. The molecule has 6 nitrogen and oxygen atoms in total. The van der Waals surface area contributed by atoms with Gasteiger partial charge in [0.1, 0.15) is 11.4 Å². The fourth-order valence-electron chi connectivity index (χ4n) is 3.59. The predicted molar refractivity (Wildman–Crippen MR) is 116 cm³/mol. The molecule has 1 fully saturated rings. The molecule has 1 saturated heterocycles. The maximum Gasteiger partial charge on any atom is 0.417 e. The number of hydrogen-bond acceptors (Lipinski definition) is 6. The minimum atomic E-state index is -4.84. The van der Waals surface area contributed by atoms with E-state index in [9.17, 15) is 27.2 Å². The van der Waals surface area contributed by atoms with E-state index in [1.165, 1.54) is 43.0 Å². The standard InChI is InChI=1S/C22H16F4N4O2S/c1-21(2)20(32)29(13-4-3-12(9-27)16(7-13)22(24,25)26)19(11-33)30(21)14-5-6-15(17(23)8-14)18(31)10-28/h3-8H,10,28H2,1-2H3. The Morgan fingerprint density at radius 2 is 1.82 bits per heavy atom. The Hall–Kier alpha value is -3.58. The van der Waals surface area contributed by atoms with Gasteiger partial charge in [-0.25, -0.2) is 4.39 Å². The van der Waals surface area contributed by atoms with E-state index in [1.54, 1.807) is 0 Å². The molecule has 2 aromatic rings. The van der Waals surface area contributed by atoms with Crippen LogP contribution < -0.4 is 15.5 Å². The number of hydrogen-bond donors (Lipinski definition) is 1. The number of anilines is 2. The van der Waals surface area contributed by atoms with E-state index >= 15 is 0 Å². The molecule has 0 saturated carbocycles. The molecular weight excluding hydrogens is 460 g/mol. The van der Waals surface area contributed by atoms with E-state index in [4.69, 9.17) is 23.2 Å². The lowest BCUT2D eigenvalue weighted by molar-refractivity contribution is -0.137. The monoisotopic (exact) mass is 476 g/mol. The highest BCUT2D eigenvalue weighted by Crippen LogP contribution is 2.42. The second kappa shape index (κ2) is 8.41. The molecule has 3 rings (SSSR count). The van der Waals surface area contributed by atoms with Gasteiger partial charge in [0.05, 0.1) is 35.0 Å². The van der Waals surface area contributed by atoms with Gasteiger partial charge in [0.15, 0.2) is 11.6 Å². The molecule has 33 heavy (non-hydrogen) atoms. The Labute approximate surface area is 191 Å². The van der Waals surface area contributed by atoms with Gasteiger partial charge in [-0.05, 0) is 67.5 Å². The van der Waals surface area contributed by atoms with Gasteiger partial charge in [0.25, 0.3) is 5.91 Å². The van der Waals surface area contributed by atoms with Crippen LogP contribution in [-0.2, 0) is 11.0 Å². The molecule has 0 spiro atoms. The fourth-order valence-corrected chi connectivity index (χ4v) is 3.77. The molecule has 0 bridgehead atoms. The summed E-state index contributed by atoms with van der Waals surface area (Å²) in [6.07, 6.45) is -4.84. The maximum atomic E-state index is 14.6. The molecule has 11 heteroatoms. The first kappa shape index (κ1) is 24.1. The number of amides is 1. The molecular formula is C22H16F4N4O2S. The van der Waals surface area contributed by atoms with Crippen LogP contribution in [0.1, 0.15) is 35.3 Å². The van der Waals surface area contributed by atoms with Crippen molar-refractivity contribution in [2.45, 2.75) is 25.6 Å². The van der Waals surface area contributed by atoms with Crippen molar-refractivity contribution >= 4 is 40.3 Å². The van der Waals surface area contributed by atoms with Crippen LogP contribution in [0.15, 0.2) is 42.2 Å². The molecule has 0 atom stereocenters. The van der Waals surface area contributed by atoms with Crippen LogP contribution in [0.25, 0.3) is 0 Å². The molecule has 0 aromatic heterocycles. The Morgan fingerprint density at radius 3 is 2.33 bits per heavy atom. The SMILES string of the molecule is CC1(C)C(=O)N(c2ccc(C#N)c(C(F)(F)F)c2)C(=C=S)N1c1ccc(C(=O)CN)c(F)c1. The molecule has 0 radical (unpaired) electrons. The van der Waals surface area contributed by atoms with Crippen molar-refractivity contribution in [2.75, 3.05) is 16.3 Å². The summed E-state index contributed by atoms with van der Waals surface area (Å²) in [6, 6.07) is 7.87. The topological polar surface area (TPSA) is 90.4 Å². The van der Waals surface area contributed by atoms with Gasteiger partial charge >= 0.3 is 6.18 Å². The van der Waals surface area contributed by atoms with Crippen molar-refractivity contribution in [1.82, 2.24) is 0 Å². The zero-order chi connectivity index (χ0) is 24.7. The number of nitrogens with zero attached hydrogens (tertiary/aromatic N) is 3. The minimum Gasteiger partial charge on any atom is -0.324 e. The number of nitrogens with two attached hydrogens (primary N) is 1. The number of alkyl halides is 3. The molecule has 0 aliphatic carbocycles. The molecule has 2 aromatic carbocycles. The third-order valence-corrected chi connectivity index (χ3v) is 5.37. The Bertz CT molecular complexity index is 1260. The lowest BCUT2D eigenvalue weighted by Crippen LogP contribution is -2.43. The van der Waals surface area contributed by atoms with Gasteiger partial charge in [-0.15, -0.1) is 0 Å². The number of thiocarbonyl (C=S) groups is 1. The summed E-state index contributed by atoms with van der Waals surface area (Å²) in [5, 5.41) is 11.4. The first-order valence-electron chi connectivity index (χ1n) is 9.42. The number of ketones is 1. The van der Waals surface area contributed by atoms with Crippen molar-refractivity contribution in [3.05, 3.63) is 64.7 Å². The number of rotatable bonds is 4. The normalized spacial score (nSPS) is 15.5. The van der Waals surface area contributed by atoms with Crippen LogP contribution in [0, 0.1) is 17.1 Å². The fraction of sp³-hybridized carbons (Fsp3) is 0.227. The van der Waals surface area contributed by atoms with Gasteiger partial charge in [0.2, 0.25) is 0 Å². The van der Waals surface area contributed by atoms with Crippen molar-refractivity contribution in [3.8, 4) is 6.07 Å². The average molecular weight is 476 g/mol. The number of benzene rings is 2. The molecule has 1 aliphatic rings. The predicted octanol–water partition coefficient (Wildman–Crippen LogP) is 3.93. The summed E-state index contributed by atoms with van der Waals surface area (Å²) in [5.74, 6) is -2.28. The van der Waals surface area contributed by atoms with E-state index in [2.05, 4.69) is 5.02 Å². The van der Waals surface area contributed by atoms with Gasteiger partial charge < -0.3 is 10.6 Å². The number of halogens is 4. The second-order valence-electron chi connectivity index (χ2n) is 7.59. The number of carbonyl (C=O) groups is 2. The molecule has 0 unspecified atom stereocenters. The van der Waals surface area contributed by atoms with Crippen LogP contribution in [0.3, 0.4) is 0 Å². The van der Waals surface area contributed by atoms with Crippen molar-refractivity contribution in [1.29, 1.82) is 5.26 Å². The summed E-state index contributed by atoms with van der Waals surface area (Å²) in [4.78, 5) is 27.3. The summed E-state index contributed by atoms with van der Waals surface area (Å²) in [5.41, 5.74) is 1.74. The lowest BCUT2D eigenvalue weighted by Gasteiger charge is -2.30. The van der Waals surface area contributed by atoms with Crippen LogP contribution in [0.4, 0.5) is 28.9 Å². The number of Topliss-reactive ketones (excluding diaryl/α,β-unsaturated/α-hetero) is 1. The Balaban J connectivity index is 2.17. The summed E-state index contributed by atoms with van der Waals surface area (Å²) >= 11 is 4.93. The van der Waals surface area contributed by atoms with Gasteiger partial charge in [-0.3, -0.25) is 14.5 Å². The number of nitriles is 1. The average Bonchev–Trinajstić information content (AvgIpc) is 2.97. The molecule has 170 valence electrons. The first-order valence-corrected chi connectivity index (χ1v) is 9.83. The molecule has 2 N–H and O–H groups in total. The van der Waals surface area contributed by atoms with Gasteiger partial charge in [-0.1, -0.05) is 0 Å². The van der Waals surface area contributed by atoms with E-state index in [1.807, 2.05) is 0 Å². The highest BCUT2D eigenvalue weighted by Gasteiger charge is 2.51. The highest BCUT2D eigenvalue weighted by atomic mass is 32.1. The summed E-state index contributed by atoms with van der Waals surface area (Å²) < 4.78 is 55.0. The maximum absolute atomic E-state index is 14.6. The van der Waals surface area contributed by atoms with Gasteiger partial charge in [-0.2, -0.15) is 18.4 Å². The van der Waals surface area contributed by atoms with Gasteiger partial charge in [0, 0.05) is 5.69 Å². The van der Waals surface area contributed by atoms with E-state index in [-0.39, 0.29) is 22.8 Å². The minimum absolute atomic E-state index is 0.116. The smallest absolute Gasteiger partial charge is 0.324 e. The number of carbonyl (C=O) groups excluding carboxylic acids is 2. The largest absolute Gasteiger partial charge is 0.417 e. The van der Waals surface area contributed by atoms with Crippen molar-refractivity contribution in [3.63, 3.8) is 0 Å². The zero-order valence-electron chi connectivity index (χ0n) is 17.3. The zero-order valence-corrected chi connectivity index (χ0v) is 18.1. The van der Waals surface area contributed by atoms with E-state index < -0.39 is 46.9 Å². The highest BCUT2D eigenvalue weighted by molar-refractivity contribution is 7.78. The first-order chi connectivity index (χ1) is 15.4. The molecule has 1 amide bonds. The van der Waals surface area contributed by atoms with Crippen molar-refractivity contribution in [2.24, 2.45) is 5.73 Å². The Kier molecular flexibility index (Phi) is 6.13. The third-order valence-electron chi connectivity index (χ3n) is 5.18. The quantitative estimate of drug-likeness (QED) is 0.409. The summed E-state index contributed by atoms with van der Waals surface area (Å²) in [6.45, 7) is 2.56. The van der Waals surface area contributed by atoms with Crippen LogP contribution in [0.2, 0.25) is 0 Å². The second-order valence-corrected chi connectivity index (χ2v) is 7.80. The molecule has 1 heterocycles. The van der Waals surface area contributed by atoms with E-state index in [0.29, 0.717) is 6.07 Å². The molecule has 1 aliphatic heterocycles. The van der Waals surface area contributed by atoms with Crippen LogP contribution in [-0.4, -0.2) is 28.8 Å². The van der Waals surface area contributed by atoms with Crippen LogP contribution >= 0.6 is 12.2 Å². The van der Waals surface area contributed by atoms with Crippen molar-refractivity contribution < 1.29 is 27.2 Å². The van der Waals surface area contributed by atoms with E-state index in [0.717, 1.165) is 17.0 Å². The Morgan fingerprint density at radius 1 is 1.18 bits per heavy atom. The third kappa shape index (κ3) is 4.00.